The molecular formula is C18H19NO2. The molecule has 0 saturated heterocycles. The van der Waals surface area contributed by atoms with Gasteiger partial charge in [0.2, 0.25) is 5.88 Å². The van der Waals surface area contributed by atoms with Gasteiger partial charge in [-0.15, -0.1) is 0 Å². The summed E-state index contributed by atoms with van der Waals surface area (Å²) in [7, 11) is 1.55. The Morgan fingerprint density at radius 1 is 1.29 bits per heavy atom. The van der Waals surface area contributed by atoms with E-state index >= 15 is 0 Å². The Morgan fingerprint density at radius 3 is 3.00 bits per heavy atom. The molecule has 1 unspecified atom stereocenters. The summed E-state index contributed by atoms with van der Waals surface area (Å²) in [6.07, 6.45) is 5.52. The summed E-state index contributed by atoms with van der Waals surface area (Å²) in [5.41, 5.74) is 3.31. The fourth-order valence-electron chi connectivity index (χ4n) is 3.17. The van der Waals surface area contributed by atoms with Crippen LogP contribution in [0, 0.1) is 0 Å². The summed E-state index contributed by atoms with van der Waals surface area (Å²) < 4.78 is 5.19. The van der Waals surface area contributed by atoms with E-state index in [4.69, 9.17) is 4.74 Å². The Morgan fingerprint density at radius 2 is 2.14 bits per heavy atom. The van der Waals surface area contributed by atoms with E-state index in [1.54, 1.807) is 25.4 Å². The van der Waals surface area contributed by atoms with E-state index in [2.05, 4.69) is 29.2 Å². The molecule has 108 valence electrons. The van der Waals surface area contributed by atoms with Crippen LogP contribution in [0.4, 0.5) is 0 Å². The molecule has 1 heterocycles. The van der Waals surface area contributed by atoms with Crippen molar-refractivity contribution in [2.24, 2.45) is 0 Å². The van der Waals surface area contributed by atoms with Crippen molar-refractivity contribution in [2.75, 3.05) is 7.11 Å². The highest BCUT2D eigenvalue weighted by Crippen LogP contribution is 2.35. The zero-order chi connectivity index (χ0) is 14.7. The Hall–Kier alpha value is -2.16. The van der Waals surface area contributed by atoms with Crippen molar-refractivity contribution in [3.05, 3.63) is 59.3 Å². The fraction of sp³-hybridized carbons (Fsp3) is 0.333. The van der Waals surface area contributed by atoms with Crippen molar-refractivity contribution < 1.29 is 9.53 Å². The topological polar surface area (TPSA) is 39.2 Å². The number of hydrogen-bond acceptors (Lipinski definition) is 3. The average Bonchev–Trinajstić information content (AvgIpc) is 2.55. The molecule has 1 aromatic heterocycles. The van der Waals surface area contributed by atoms with Crippen molar-refractivity contribution in [3.8, 4) is 5.88 Å². The highest BCUT2D eigenvalue weighted by molar-refractivity contribution is 5.98. The maximum absolute atomic E-state index is 12.6. The minimum atomic E-state index is 0.113. The largest absolute Gasteiger partial charge is 0.480 e. The van der Waals surface area contributed by atoms with Gasteiger partial charge in [0.25, 0.3) is 0 Å². The summed E-state index contributed by atoms with van der Waals surface area (Å²) in [4.78, 5) is 16.7. The van der Waals surface area contributed by atoms with E-state index in [1.807, 2.05) is 0 Å². The fourth-order valence-corrected chi connectivity index (χ4v) is 3.17. The molecule has 3 heteroatoms. The minimum absolute atomic E-state index is 0.113. The molecule has 21 heavy (non-hydrogen) atoms. The third-order valence-corrected chi connectivity index (χ3v) is 4.19. The lowest BCUT2D eigenvalue weighted by Crippen LogP contribution is -2.14. The number of aromatic nitrogens is 1. The molecule has 3 nitrogen and oxygen atoms in total. The predicted molar refractivity (Wildman–Crippen MR) is 81.9 cm³/mol. The van der Waals surface area contributed by atoms with Crippen LogP contribution >= 0.6 is 0 Å². The molecule has 2 aromatic rings. The third kappa shape index (κ3) is 2.82. The molecule has 1 aliphatic carbocycles. The lowest BCUT2D eigenvalue weighted by Gasteiger charge is -2.25. The molecule has 0 bridgehead atoms. The molecular weight excluding hydrogens is 262 g/mol. The second kappa shape index (κ2) is 6.08. The smallest absolute Gasteiger partial charge is 0.224 e. The summed E-state index contributed by atoms with van der Waals surface area (Å²) >= 11 is 0. The number of rotatable bonds is 4. The summed E-state index contributed by atoms with van der Waals surface area (Å²) in [5, 5.41) is 0. The van der Waals surface area contributed by atoms with E-state index in [1.165, 1.54) is 11.1 Å². The number of benzene rings is 1. The lowest BCUT2D eigenvalue weighted by atomic mass is 9.80. The summed E-state index contributed by atoms with van der Waals surface area (Å²) in [6.45, 7) is 0. The van der Waals surface area contributed by atoms with Crippen LogP contribution in [0.3, 0.4) is 0 Å². The van der Waals surface area contributed by atoms with Crippen molar-refractivity contribution in [1.82, 2.24) is 4.98 Å². The van der Waals surface area contributed by atoms with Gasteiger partial charge >= 0.3 is 0 Å². The van der Waals surface area contributed by atoms with Crippen LogP contribution in [0.1, 0.15) is 46.7 Å². The molecule has 1 aromatic carbocycles. The first-order valence-corrected chi connectivity index (χ1v) is 7.39. The van der Waals surface area contributed by atoms with Crippen LogP contribution in [0.5, 0.6) is 5.88 Å². The van der Waals surface area contributed by atoms with Crippen LogP contribution in [0.2, 0.25) is 0 Å². The van der Waals surface area contributed by atoms with Gasteiger partial charge in [0.1, 0.15) is 0 Å². The van der Waals surface area contributed by atoms with Crippen LogP contribution in [-0.2, 0) is 6.42 Å². The van der Waals surface area contributed by atoms with Gasteiger partial charge in [-0.25, -0.2) is 4.98 Å². The maximum atomic E-state index is 12.6. The molecule has 0 radical (unpaired) electrons. The van der Waals surface area contributed by atoms with E-state index in [0.29, 0.717) is 23.8 Å². The number of carbonyl (C=O) groups excluding carboxylic acids is 1. The maximum Gasteiger partial charge on any atom is 0.224 e. The van der Waals surface area contributed by atoms with Gasteiger partial charge in [-0.2, -0.15) is 0 Å². The Balaban J connectivity index is 1.83. The average molecular weight is 281 g/mol. The second-order valence-corrected chi connectivity index (χ2v) is 5.48. The number of methoxy groups -OCH3 is 1. The van der Waals surface area contributed by atoms with Crippen molar-refractivity contribution in [3.63, 3.8) is 0 Å². The Kier molecular flexibility index (Phi) is 4.00. The van der Waals surface area contributed by atoms with E-state index in [9.17, 15) is 4.79 Å². The van der Waals surface area contributed by atoms with Gasteiger partial charge in [0, 0.05) is 12.6 Å². The normalized spacial score (nSPS) is 17.1. The molecule has 1 aliphatic rings. The number of Topliss-reactive ketones (excluding diaryl/α,β-unsaturated/α-hetero) is 1. The van der Waals surface area contributed by atoms with Crippen LogP contribution in [0.25, 0.3) is 0 Å². The number of nitrogens with zero attached hydrogens (tertiary/aromatic N) is 1. The van der Waals surface area contributed by atoms with Gasteiger partial charge in [-0.1, -0.05) is 24.3 Å². The number of hydrogen-bond donors (Lipinski definition) is 0. The zero-order valence-electron chi connectivity index (χ0n) is 12.2. The quantitative estimate of drug-likeness (QED) is 0.800. The Bertz CT molecular complexity index is 651. The van der Waals surface area contributed by atoms with Gasteiger partial charge in [-0.05, 0) is 48.4 Å². The number of aryl methyl sites for hydroxylation is 1. The zero-order valence-corrected chi connectivity index (χ0v) is 12.2. The molecule has 0 N–H and O–H groups in total. The molecule has 0 fully saturated rings. The number of fused-ring (bicyclic) bond motifs is 1. The van der Waals surface area contributed by atoms with Gasteiger partial charge in [0.05, 0.1) is 12.7 Å². The molecule has 0 spiro atoms. The van der Waals surface area contributed by atoms with Crippen LogP contribution in [-0.4, -0.2) is 17.9 Å². The number of ether oxygens (including phenoxy) is 1. The first kappa shape index (κ1) is 13.8. The number of ketones is 1. The second-order valence-electron chi connectivity index (χ2n) is 5.48. The van der Waals surface area contributed by atoms with Crippen LogP contribution in [0.15, 0.2) is 42.6 Å². The van der Waals surface area contributed by atoms with Crippen molar-refractivity contribution in [1.29, 1.82) is 0 Å². The molecule has 1 atom stereocenters. The monoisotopic (exact) mass is 281 g/mol. The van der Waals surface area contributed by atoms with E-state index in [-0.39, 0.29) is 5.78 Å². The summed E-state index contributed by atoms with van der Waals surface area (Å²) in [6, 6.07) is 12.1. The van der Waals surface area contributed by atoms with Gasteiger partial charge in [-0.3, -0.25) is 4.79 Å². The van der Waals surface area contributed by atoms with Gasteiger partial charge in [0.15, 0.2) is 5.78 Å². The van der Waals surface area contributed by atoms with Crippen molar-refractivity contribution in [2.45, 2.75) is 31.6 Å². The third-order valence-electron chi connectivity index (χ3n) is 4.19. The Labute approximate surface area is 125 Å². The first-order valence-electron chi connectivity index (χ1n) is 7.39. The standard InChI is InChI=1S/C18H19NO2/c1-21-18-16(10-5-11-19-18)17(20)12-14-8-4-7-13-6-2-3-9-15(13)14/h2-3,5-6,9-11,14H,4,7-8,12H2,1H3. The number of pyridine rings is 1. The molecule has 0 saturated carbocycles. The molecule has 0 aliphatic heterocycles. The van der Waals surface area contributed by atoms with Gasteiger partial charge < -0.3 is 4.74 Å². The highest BCUT2D eigenvalue weighted by Gasteiger charge is 2.24. The van der Waals surface area contributed by atoms with Crippen molar-refractivity contribution >= 4 is 5.78 Å². The first-order chi connectivity index (χ1) is 10.3. The molecule has 3 rings (SSSR count). The predicted octanol–water partition coefficient (Wildman–Crippen LogP) is 3.78. The van der Waals surface area contributed by atoms with Crippen LogP contribution < -0.4 is 4.74 Å². The van der Waals surface area contributed by atoms with E-state index < -0.39 is 0 Å². The SMILES string of the molecule is COc1ncccc1C(=O)CC1CCCc2ccccc21. The lowest BCUT2D eigenvalue weighted by molar-refractivity contribution is 0.0967. The number of carbonyl (C=O) groups is 1. The summed E-state index contributed by atoms with van der Waals surface area (Å²) in [5.74, 6) is 0.848. The minimum Gasteiger partial charge on any atom is -0.480 e. The molecule has 0 amide bonds. The van der Waals surface area contributed by atoms with E-state index in [0.717, 1.165) is 19.3 Å². The highest BCUT2D eigenvalue weighted by atomic mass is 16.5.